The standard InChI is InChI=1S/C11H16ClN3O5S/c1-6-10(21(12,17)18)9(14-13-6)11(16)15-4-7(19-2)8(5-15)20-3/h7-8H,4-5H2,1-3H3,(H,13,14). The molecule has 0 bridgehead atoms. The summed E-state index contributed by atoms with van der Waals surface area (Å²) < 4.78 is 33.6. The molecule has 2 rings (SSSR count). The number of aryl methyl sites for hydroxylation is 1. The van der Waals surface area contributed by atoms with E-state index in [9.17, 15) is 13.2 Å². The number of halogens is 1. The van der Waals surface area contributed by atoms with Crippen LogP contribution >= 0.6 is 10.7 Å². The number of nitrogens with zero attached hydrogens (tertiary/aromatic N) is 2. The maximum absolute atomic E-state index is 12.5. The Morgan fingerprint density at radius 2 is 1.86 bits per heavy atom. The topological polar surface area (TPSA) is 102 Å². The molecule has 21 heavy (non-hydrogen) atoms. The third kappa shape index (κ3) is 3.05. The number of nitrogens with one attached hydrogen (secondary N) is 1. The molecule has 1 aliphatic heterocycles. The molecule has 1 saturated heterocycles. The van der Waals surface area contributed by atoms with Crippen molar-refractivity contribution in [3.8, 4) is 0 Å². The summed E-state index contributed by atoms with van der Waals surface area (Å²) in [6, 6.07) is 0. The summed E-state index contributed by atoms with van der Waals surface area (Å²) in [5.74, 6) is -0.528. The van der Waals surface area contributed by atoms with E-state index in [0.29, 0.717) is 13.1 Å². The van der Waals surface area contributed by atoms with Crippen LogP contribution in [0.25, 0.3) is 0 Å². The van der Waals surface area contributed by atoms with Gasteiger partial charge in [-0.05, 0) is 6.92 Å². The fourth-order valence-corrected chi connectivity index (χ4v) is 3.72. The van der Waals surface area contributed by atoms with Gasteiger partial charge in [0.1, 0.15) is 17.1 Å². The van der Waals surface area contributed by atoms with Crippen LogP contribution in [0.3, 0.4) is 0 Å². The Hall–Kier alpha value is -1.16. The first kappa shape index (κ1) is 16.2. The van der Waals surface area contributed by atoms with Gasteiger partial charge < -0.3 is 14.4 Å². The van der Waals surface area contributed by atoms with Crippen molar-refractivity contribution in [2.24, 2.45) is 0 Å². The second kappa shape index (κ2) is 5.91. The summed E-state index contributed by atoms with van der Waals surface area (Å²) >= 11 is 0. The summed E-state index contributed by atoms with van der Waals surface area (Å²) in [7, 11) is 4.35. The lowest BCUT2D eigenvalue weighted by molar-refractivity contribution is -0.00461. The number of methoxy groups -OCH3 is 2. The zero-order valence-electron chi connectivity index (χ0n) is 11.8. The van der Waals surface area contributed by atoms with Crippen LogP contribution in [0, 0.1) is 6.92 Å². The monoisotopic (exact) mass is 337 g/mol. The van der Waals surface area contributed by atoms with Crippen LogP contribution in [0.4, 0.5) is 0 Å². The largest absolute Gasteiger partial charge is 0.377 e. The number of ether oxygens (including phenoxy) is 2. The highest BCUT2D eigenvalue weighted by molar-refractivity contribution is 8.13. The van der Waals surface area contributed by atoms with Crippen LogP contribution < -0.4 is 0 Å². The molecule has 2 atom stereocenters. The number of aromatic amines is 1. The Kier molecular flexibility index (Phi) is 4.57. The summed E-state index contributed by atoms with van der Waals surface area (Å²) in [6.45, 7) is 2.07. The van der Waals surface area contributed by atoms with E-state index in [1.165, 1.54) is 26.0 Å². The van der Waals surface area contributed by atoms with Crippen molar-refractivity contribution < 1.29 is 22.7 Å². The molecule has 2 unspecified atom stereocenters. The fraction of sp³-hybridized carbons (Fsp3) is 0.636. The Morgan fingerprint density at radius 3 is 2.29 bits per heavy atom. The van der Waals surface area contributed by atoms with Crippen molar-refractivity contribution in [1.29, 1.82) is 0 Å². The Labute approximate surface area is 126 Å². The molecular weight excluding hydrogens is 322 g/mol. The van der Waals surface area contributed by atoms with Gasteiger partial charge in [-0.15, -0.1) is 0 Å². The van der Waals surface area contributed by atoms with Crippen LogP contribution in [0.15, 0.2) is 4.90 Å². The molecule has 1 aromatic heterocycles. The van der Waals surface area contributed by atoms with Crippen molar-refractivity contribution in [3.63, 3.8) is 0 Å². The molecule has 1 aromatic rings. The average Bonchev–Trinajstić information content (AvgIpc) is 3.00. The van der Waals surface area contributed by atoms with Gasteiger partial charge in [-0.2, -0.15) is 5.10 Å². The second-order valence-electron chi connectivity index (χ2n) is 4.72. The van der Waals surface area contributed by atoms with Gasteiger partial charge in [-0.25, -0.2) is 8.42 Å². The number of aromatic nitrogens is 2. The smallest absolute Gasteiger partial charge is 0.275 e. The van der Waals surface area contributed by atoms with E-state index in [4.69, 9.17) is 20.2 Å². The van der Waals surface area contributed by atoms with Gasteiger partial charge in [-0.3, -0.25) is 9.89 Å². The van der Waals surface area contributed by atoms with E-state index in [1.807, 2.05) is 0 Å². The van der Waals surface area contributed by atoms with E-state index in [2.05, 4.69) is 10.2 Å². The number of carbonyl (C=O) groups excluding carboxylic acids is 1. The van der Waals surface area contributed by atoms with Crippen molar-refractivity contribution in [3.05, 3.63) is 11.4 Å². The molecule has 1 N–H and O–H groups in total. The Balaban J connectivity index is 2.31. The highest BCUT2D eigenvalue weighted by Gasteiger charge is 2.38. The number of rotatable bonds is 4. The third-order valence-electron chi connectivity index (χ3n) is 3.45. The van der Waals surface area contributed by atoms with Crippen LogP contribution in [0.2, 0.25) is 0 Å². The summed E-state index contributed by atoms with van der Waals surface area (Å²) in [5, 5.41) is 6.24. The molecule has 8 nitrogen and oxygen atoms in total. The maximum Gasteiger partial charge on any atom is 0.275 e. The van der Waals surface area contributed by atoms with Gasteiger partial charge in [0.15, 0.2) is 5.69 Å². The fourth-order valence-electron chi connectivity index (χ4n) is 2.37. The Morgan fingerprint density at radius 1 is 1.33 bits per heavy atom. The number of hydrogen-bond acceptors (Lipinski definition) is 6. The number of amides is 1. The minimum absolute atomic E-state index is 0.214. The lowest BCUT2D eigenvalue weighted by Gasteiger charge is -2.14. The van der Waals surface area contributed by atoms with Gasteiger partial charge >= 0.3 is 0 Å². The highest BCUT2D eigenvalue weighted by atomic mass is 35.7. The van der Waals surface area contributed by atoms with Crippen LogP contribution in [-0.4, -0.2) is 68.9 Å². The maximum atomic E-state index is 12.5. The quantitative estimate of drug-likeness (QED) is 0.784. The zero-order chi connectivity index (χ0) is 15.8. The minimum Gasteiger partial charge on any atom is -0.377 e. The highest BCUT2D eigenvalue weighted by Crippen LogP contribution is 2.25. The number of hydrogen-bond donors (Lipinski definition) is 1. The minimum atomic E-state index is -4.07. The molecular formula is C11H16ClN3O5S. The third-order valence-corrected chi connectivity index (χ3v) is 4.90. The lowest BCUT2D eigenvalue weighted by atomic mass is 10.3. The predicted molar refractivity (Wildman–Crippen MR) is 73.9 cm³/mol. The van der Waals surface area contributed by atoms with Crippen LogP contribution in [-0.2, 0) is 18.5 Å². The first-order valence-electron chi connectivity index (χ1n) is 6.14. The molecule has 0 saturated carbocycles. The second-order valence-corrected chi connectivity index (χ2v) is 7.23. The summed E-state index contributed by atoms with van der Waals surface area (Å²) in [6.07, 6.45) is -0.537. The molecule has 1 fully saturated rings. The molecule has 10 heteroatoms. The van der Waals surface area contributed by atoms with E-state index >= 15 is 0 Å². The zero-order valence-corrected chi connectivity index (χ0v) is 13.4. The average molecular weight is 338 g/mol. The predicted octanol–water partition coefficient (Wildman–Crippen LogP) is 0.131. The SMILES string of the molecule is COC1CN(C(=O)c2n[nH]c(C)c2S(=O)(=O)Cl)CC1OC. The molecule has 2 heterocycles. The summed E-state index contributed by atoms with van der Waals surface area (Å²) in [5.41, 5.74) is 0.00763. The van der Waals surface area contributed by atoms with Crippen molar-refractivity contribution in [2.45, 2.75) is 24.0 Å². The van der Waals surface area contributed by atoms with Crippen molar-refractivity contribution >= 4 is 25.6 Å². The molecule has 0 radical (unpaired) electrons. The molecule has 0 spiro atoms. The van der Waals surface area contributed by atoms with E-state index in [0.717, 1.165) is 0 Å². The van der Waals surface area contributed by atoms with Crippen molar-refractivity contribution in [1.82, 2.24) is 15.1 Å². The van der Waals surface area contributed by atoms with Gasteiger partial charge in [0.25, 0.3) is 15.0 Å². The normalized spacial score (nSPS) is 22.8. The van der Waals surface area contributed by atoms with Gasteiger partial charge in [-0.1, -0.05) is 0 Å². The first-order chi connectivity index (χ1) is 9.79. The number of likely N-dealkylation sites (tertiary alicyclic amines) is 1. The van der Waals surface area contributed by atoms with Gasteiger partial charge in [0.2, 0.25) is 0 Å². The van der Waals surface area contributed by atoms with Gasteiger partial charge in [0.05, 0.1) is 5.69 Å². The number of carbonyl (C=O) groups is 1. The van der Waals surface area contributed by atoms with E-state index < -0.39 is 15.0 Å². The van der Waals surface area contributed by atoms with Crippen LogP contribution in [0.1, 0.15) is 16.2 Å². The molecule has 1 aliphatic rings. The first-order valence-corrected chi connectivity index (χ1v) is 8.45. The van der Waals surface area contributed by atoms with Crippen molar-refractivity contribution in [2.75, 3.05) is 27.3 Å². The Bertz CT molecular complexity index is 632. The van der Waals surface area contributed by atoms with Gasteiger partial charge in [0, 0.05) is 38.0 Å². The summed E-state index contributed by atoms with van der Waals surface area (Å²) in [4.78, 5) is 13.6. The molecule has 0 aliphatic carbocycles. The lowest BCUT2D eigenvalue weighted by Crippen LogP contribution is -2.31. The molecule has 0 aromatic carbocycles. The van der Waals surface area contributed by atoms with E-state index in [1.54, 1.807) is 0 Å². The molecule has 118 valence electrons. The van der Waals surface area contributed by atoms with Crippen LogP contribution in [0.5, 0.6) is 0 Å². The molecule has 1 amide bonds. The number of H-pyrrole nitrogens is 1. The van der Waals surface area contributed by atoms with E-state index in [-0.39, 0.29) is 28.5 Å².